The minimum absolute atomic E-state index is 0.222. The number of rotatable bonds is 1. The van der Waals surface area contributed by atoms with Crippen LogP contribution < -0.4 is 10.1 Å². The van der Waals surface area contributed by atoms with Gasteiger partial charge in [0.1, 0.15) is 5.75 Å². The van der Waals surface area contributed by atoms with Crippen molar-refractivity contribution in [2.75, 3.05) is 20.2 Å². The summed E-state index contributed by atoms with van der Waals surface area (Å²) in [6.45, 7) is 1.60. The molecule has 0 radical (unpaired) electrons. The fourth-order valence-corrected chi connectivity index (χ4v) is 2.79. The van der Waals surface area contributed by atoms with Crippen LogP contribution in [-0.4, -0.2) is 25.3 Å². The molecule has 86 valence electrons. The number of hydrogen-bond donors (Lipinski definition) is 2. The van der Waals surface area contributed by atoms with Gasteiger partial charge in [0.25, 0.3) is 0 Å². The third kappa shape index (κ3) is 1.35. The molecule has 1 saturated carbocycles. The smallest absolute Gasteiger partial charge is 0.123 e. The predicted molar refractivity (Wildman–Crippen MR) is 61.7 cm³/mol. The zero-order valence-electron chi connectivity index (χ0n) is 9.49. The van der Waals surface area contributed by atoms with Gasteiger partial charge in [-0.15, -0.1) is 0 Å². The van der Waals surface area contributed by atoms with Crippen molar-refractivity contribution in [1.82, 2.24) is 5.32 Å². The Labute approximate surface area is 95.4 Å². The number of nitrogens with one attached hydrogen (secondary N) is 1. The zero-order valence-corrected chi connectivity index (χ0v) is 9.49. The first-order chi connectivity index (χ1) is 7.77. The van der Waals surface area contributed by atoms with Crippen LogP contribution in [0.15, 0.2) is 18.2 Å². The average Bonchev–Trinajstić information content (AvgIpc) is 3.09. The molecule has 1 aliphatic heterocycles. The van der Waals surface area contributed by atoms with Crippen molar-refractivity contribution < 1.29 is 9.84 Å². The molecular formula is C13H17NO2. The van der Waals surface area contributed by atoms with Crippen molar-refractivity contribution in [3.05, 3.63) is 29.3 Å². The van der Waals surface area contributed by atoms with Crippen LogP contribution in [0.3, 0.4) is 0 Å². The van der Waals surface area contributed by atoms with Crippen LogP contribution in [0.1, 0.15) is 30.1 Å². The van der Waals surface area contributed by atoms with Gasteiger partial charge in [-0.05, 0) is 24.5 Å². The van der Waals surface area contributed by atoms with E-state index in [9.17, 15) is 5.11 Å². The maximum atomic E-state index is 10.1. The Hall–Kier alpha value is -1.06. The molecule has 1 aromatic rings. The van der Waals surface area contributed by atoms with Gasteiger partial charge in [-0.25, -0.2) is 0 Å². The second-order valence-electron chi connectivity index (χ2n) is 4.85. The van der Waals surface area contributed by atoms with E-state index >= 15 is 0 Å². The highest BCUT2D eigenvalue weighted by atomic mass is 16.5. The lowest BCUT2D eigenvalue weighted by Crippen LogP contribution is -2.26. The number of benzene rings is 1. The molecule has 0 aromatic heterocycles. The van der Waals surface area contributed by atoms with Crippen LogP contribution in [0.5, 0.6) is 5.75 Å². The molecule has 1 unspecified atom stereocenters. The minimum Gasteiger partial charge on any atom is -0.496 e. The van der Waals surface area contributed by atoms with Gasteiger partial charge in [-0.3, -0.25) is 0 Å². The molecule has 3 nitrogen and oxygen atoms in total. The number of ether oxygens (including phenoxy) is 1. The van der Waals surface area contributed by atoms with Gasteiger partial charge < -0.3 is 15.2 Å². The second-order valence-corrected chi connectivity index (χ2v) is 4.85. The van der Waals surface area contributed by atoms with Gasteiger partial charge in [0, 0.05) is 24.1 Å². The Kier molecular flexibility index (Phi) is 2.19. The van der Waals surface area contributed by atoms with E-state index < -0.39 is 6.10 Å². The molecule has 1 heterocycles. The molecule has 1 fully saturated rings. The largest absolute Gasteiger partial charge is 0.496 e. The number of fused-ring (bicyclic) bond motifs is 2. The van der Waals surface area contributed by atoms with E-state index in [1.54, 1.807) is 7.11 Å². The summed E-state index contributed by atoms with van der Waals surface area (Å²) in [5, 5.41) is 13.4. The van der Waals surface area contributed by atoms with Gasteiger partial charge >= 0.3 is 0 Å². The highest BCUT2D eigenvalue weighted by Gasteiger charge is 2.48. The topological polar surface area (TPSA) is 41.5 Å². The average molecular weight is 219 g/mol. The van der Waals surface area contributed by atoms with Gasteiger partial charge in [-0.2, -0.15) is 0 Å². The van der Waals surface area contributed by atoms with Crippen molar-refractivity contribution in [3.8, 4) is 5.75 Å². The maximum absolute atomic E-state index is 10.1. The summed E-state index contributed by atoms with van der Waals surface area (Å²) in [5.74, 6) is 0.928. The number of methoxy groups -OCH3 is 1. The molecule has 2 aliphatic rings. The molecule has 1 aliphatic carbocycles. The van der Waals surface area contributed by atoms with E-state index in [1.807, 2.05) is 18.2 Å². The summed E-state index contributed by atoms with van der Waals surface area (Å²) < 4.78 is 5.45. The maximum Gasteiger partial charge on any atom is 0.123 e. The van der Waals surface area contributed by atoms with E-state index in [4.69, 9.17) is 4.74 Å². The molecule has 1 spiro atoms. The van der Waals surface area contributed by atoms with Gasteiger partial charge in [0.15, 0.2) is 0 Å². The number of β-amino-alcohol motifs (C(OH)–C–C–N with tert-alkyl or cyclic N) is 1. The summed E-state index contributed by atoms with van der Waals surface area (Å²) in [4.78, 5) is 0. The third-order valence-corrected chi connectivity index (χ3v) is 3.82. The second kappa shape index (κ2) is 3.47. The molecule has 16 heavy (non-hydrogen) atoms. The molecule has 1 atom stereocenters. The van der Waals surface area contributed by atoms with Crippen molar-refractivity contribution >= 4 is 0 Å². The van der Waals surface area contributed by atoms with Gasteiger partial charge in [-0.1, -0.05) is 12.1 Å². The van der Waals surface area contributed by atoms with Crippen molar-refractivity contribution in [2.24, 2.45) is 0 Å². The van der Waals surface area contributed by atoms with Crippen LogP contribution in [0.2, 0.25) is 0 Å². The monoisotopic (exact) mass is 219 g/mol. The summed E-state index contributed by atoms with van der Waals surface area (Å²) in [7, 11) is 1.70. The summed E-state index contributed by atoms with van der Waals surface area (Å²) in [6, 6.07) is 5.98. The molecule has 3 rings (SSSR count). The van der Waals surface area contributed by atoms with E-state index in [-0.39, 0.29) is 5.41 Å². The summed E-state index contributed by atoms with van der Waals surface area (Å²) >= 11 is 0. The lowest BCUT2D eigenvalue weighted by Gasteiger charge is -2.20. The lowest BCUT2D eigenvalue weighted by molar-refractivity contribution is 0.177. The summed E-state index contributed by atoms with van der Waals surface area (Å²) in [5.41, 5.74) is 2.50. The SMILES string of the molecule is COc1cccc2c1C1(CC1)CNCC2O. The molecular weight excluding hydrogens is 202 g/mol. The standard InChI is InChI=1S/C13H17NO2/c1-16-11-4-2-3-9-10(15)7-14-8-13(5-6-13)12(9)11/h2-4,10,14-15H,5-8H2,1H3. The third-order valence-electron chi connectivity index (χ3n) is 3.82. The normalized spacial score (nSPS) is 26.0. The molecule has 0 bridgehead atoms. The molecule has 0 saturated heterocycles. The van der Waals surface area contributed by atoms with E-state index in [1.165, 1.54) is 18.4 Å². The molecule has 3 heteroatoms. The van der Waals surface area contributed by atoms with Crippen molar-refractivity contribution in [3.63, 3.8) is 0 Å². The van der Waals surface area contributed by atoms with Crippen LogP contribution in [0.4, 0.5) is 0 Å². The predicted octanol–water partition coefficient (Wildman–Crippen LogP) is 1.36. The van der Waals surface area contributed by atoms with Crippen LogP contribution in [-0.2, 0) is 5.41 Å². The van der Waals surface area contributed by atoms with E-state index in [0.717, 1.165) is 17.9 Å². The Morgan fingerprint density at radius 3 is 2.94 bits per heavy atom. The first-order valence-corrected chi connectivity index (χ1v) is 5.83. The van der Waals surface area contributed by atoms with Crippen LogP contribution in [0, 0.1) is 0 Å². The minimum atomic E-state index is -0.412. The van der Waals surface area contributed by atoms with Gasteiger partial charge in [0.2, 0.25) is 0 Å². The fraction of sp³-hybridized carbons (Fsp3) is 0.538. The number of aliphatic hydroxyl groups excluding tert-OH is 1. The first kappa shape index (κ1) is 10.1. The van der Waals surface area contributed by atoms with Crippen molar-refractivity contribution in [2.45, 2.75) is 24.4 Å². The van der Waals surface area contributed by atoms with Gasteiger partial charge in [0.05, 0.1) is 13.2 Å². The lowest BCUT2D eigenvalue weighted by atomic mass is 9.89. The number of hydrogen-bond acceptors (Lipinski definition) is 3. The first-order valence-electron chi connectivity index (χ1n) is 5.83. The fourth-order valence-electron chi connectivity index (χ4n) is 2.79. The van der Waals surface area contributed by atoms with Crippen LogP contribution in [0.25, 0.3) is 0 Å². The highest BCUT2D eigenvalue weighted by Crippen LogP contribution is 2.53. The Bertz CT molecular complexity index is 412. The zero-order chi connectivity index (χ0) is 11.2. The van der Waals surface area contributed by atoms with Crippen LogP contribution >= 0.6 is 0 Å². The molecule has 1 aromatic carbocycles. The molecule has 0 amide bonds. The van der Waals surface area contributed by atoms with E-state index in [0.29, 0.717) is 6.54 Å². The molecule has 2 N–H and O–H groups in total. The summed E-state index contributed by atoms with van der Waals surface area (Å²) in [6.07, 6.45) is 1.98. The number of aliphatic hydroxyl groups is 1. The highest BCUT2D eigenvalue weighted by molar-refractivity contribution is 5.50. The quantitative estimate of drug-likeness (QED) is 0.749. The Morgan fingerprint density at radius 1 is 1.44 bits per heavy atom. The Morgan fingerprint density at radius 2 is 2.25 bits per heavy atom. The van der Waals surface area contributed by atoms with E-state index in [2.05, 4.69) is 5.32 Å². The van der Waals surface area contributed by atoms with Crippen molar-refractivity contribution in [1.29, 1.82) is 0 Å². The Balaban J connectivity index is 2.19.